The Bertz CT molecular complexity index is 697. The molecular weight excluding hydrogens is 286 g/mol. The van der Waals surface area contributed by atoms with E-state index in [0.29, 0.717) is 6.42 Å². The number of hydrogen-bond donors (Lipinski definition) is 1. The van der Waals surface area contributed by atoms with Crippen molar-refractivity contribution in [3.05, 3.63) is 58.9 Å². The summed E-state index contributed by atoms with van der Waals surface area (Å²) >= 11 is 0. The van der Waals surface area contributed by atoms with E-state index in [0.717, 1.165) is 5.56 Å². The molecule has 0 unspecified atom stereocenters. The Balaban J connectivity index is 2.50. The Morgan fingerprint density at radius 3 is 2.32 bits per heavy atom. The highest BCUT2D eigenvalue weighted by atomic mass is 16.5. The molecule has 0 spiro atoms. The standard InChI is InChI=1S/C16H15NO5/c1-21-15(19)11-9-17-12(8-10-6-4-3-5-7-10)14(18)13(11)16(20)22-2/h3-7,9,18H,8H2,1-2H3. The molecule has 1 heterocycles. The third-order valence-electron chi connectivity index (χ3n) is 3.14. The Labute approximate surface area is 127 Å². The highest BCUT2D eigenvalue weighted by Crippen LogP contribution is 2.27. The molecule has 1 N–H and O–H groups in total. The number of aromatic nitrogens is 1. The van der Waals surface area contributed by atoms with E-state index in [1.807, 2.05) is 30.3 Å². The van der Waals surface area contributed by atoms with Gasteiger partial charge in [-0.1, -0.05) is 30.3 Å². The highest BCUT2D eigenvalue weighted by molar-refractivity contribution is 6.05. The Kier molecular flexibility index (Phi) is 4.73. The fourth-order valence-electron chi connectivity index (χ4n) is 2.03. The smallest absolute Gasteiger partial charge is 0.342 e. The van der Waals surface area contributed by atoms with Crippen LogP contribution in [0, 0.1) is 0 Å². The van der Waals surface area contributed by atoms with Crippen LogP contribution in [0.2, 0.25) is 0 Å². The number of rotatable bonds is 4. The molecule has 114 valence electrons. The van der Waals surface area contributed by atoms with Crippen molar-refractivity contribution in [2.24, 2.45) is 0 Å². The average molecular weight is 301 g/mol. The molecule has 0 saturated carbocycles. The van der Waals surface area contributed by atoms with E-state index in [4.69, 9.17) is 0 Å². The van der Waals surface area contributed by atoms with Gasteiger partial charge in [-0.3, -0.25) is 4.98 Å². The van der Waals surface area contributed by atoms with Gasteiger partial charge in [-0.05, 0) is 5.56 Å². The van der Waals surface area contributed by atoms with Crippen LogP contribution in [-0.4, -0.2) is 36.2 Å². The second-order valence-corrected chi connectivity index (χ2v) is 4.49. The van der Waals surface area contributed by atoms with E-state index in [1.165, 1.54) is 20.4 Å². The molecular formula is C16H15NO5. The minimum Gasteiger partial charge on any atom is -0.505 e. The summed E-state index contributed by atoms with van der Waals surface area (Å²) in [6.45, 7) is 0. The van der Waals surface area contributed by atoms with Crippen molar-refractivity contribution < 1.29 is 24.2 Å². The van der Waals surface area contributed by atoms with Crippen LogP contribution in [0.5, 0.6) is 5.75 Å². The fraction of sp³-hybridized carbons (Fsp3) is 0.188. The summed E-state index contributed by atoms with van der Waals surface area (Å²) in [5, 5.41) is 10.3. The topological polar surface area (TPSA) is 85.7 Å². The number of benzene rings is 1. The molecule has 0 bridgehead atoms. The van der Waals surface area contributed by atoms with Crippen molar-refractivity contribution in [1.82, 2.24) is 4.98 Å². The third-order valence-corrected chi connectivity index (χ3v) is 3.14. The number of pyridine rings is 1. The number of ether oxygens (including phenoxy) is 2. The van der Waals surface area contributed by atoms with Gasteiger partial charge in [0.25, 0.3) is 0 Å². The van der Waals surface area contributed by atoms with Gasteiger partial charge in [-0.15, -0.1) is 0 Å². The lowest BCUT2D eigenvalue weighted by atomic mass is 10.0. The first-order valence-electron chi connectivity index (χ1n) is 6.49. The van der Waals surface area contributed by atoms with Gasteiger partial charge in [0.2, 0.25) is 0 Å². The quantitative estimate of drug-likeness (QED) is 0.869. The summed E-state index contributed by atoms with van der Waals surface area (Å²) in [7, 11) is 2.35. The summed E-state index contributed by atoms with van der Waals surface area (Å²) in [6, 6.07) is 9.32. The predicted molar refractivity (Wildman–Crippen MR) is 77.8 cm³/mol. The lowest BCUT2D eigenvalue weighted by Gasteiger charge is -2.11. The molecule has 0 saturated heterocycles. The maximum absolute atomic E-state index is 11.9. The molecule has 0 aliphatic heterocycles. The van der Waals surface area contributed by atoms with Crippen LogP contribution < -0.4 is 0 Å². The number of methoxy groups -OCH3 is 2. The number of carbonyl (C=O) groups excluding carboxylic acids is 2. The van der Waals surface area contributed by atoms with E-state index in [2.05, 4.69) is 14.5 Å². The van der Waals surface area contributed by atoms with Crippen molar-refractivity contribution in [2.75, 3.05) is 14.2 Å². The summed E-state index contributed by atoms with van der Waals surface area (Å²) in [6.07, 6.45) is 1.52. The van der Waals surface area contributed by atoms with E-state index in [9.17, 15) is 14.7 Å². The zero-order chi connectivity index (χ0) is 16.1. The lowest BCUT2D eigenvalue weighted by Crippen LogP contribution is -2.14. The average Bonchev–Trinajstić information content (AvgIpc) is 2.56. The first-order valence-corrected chi connectivity index (χ1v) is 6.49. The number of esters is 2. The number of aromatic hydroxyl groups is 1. The molecule has 1 aromatic heterocycles. The van der Waals surface area contributed by atoms with E-state index < -0.39 is 11.9 Å². The first kappa shape index (κ1) is 15.5. The monoisotopic (exact) mass is 301 g/mol. The van der Waals surface area contributed by atoms with Crippen molar-refractivity contribution >= 4 is 11.9 Å². The van der Waals surface area contributed by atoms with Gasteiger partial charge in [0.1, 0.15) is 5.56 Å². The van der Waals surface area contributed by atoms with Gasteiger partial charge < -0.3 is 14.6 Å². The van der Waals surface area contributed by atoms with Crippen molar-refractivity contribution in [3.8, 4) is 5.75 Å². The van der Waals surface area contributed by atoms with Crippen LogP contribution in [0.25, 0.3) is 0 Å². The molecule has 2 aromatic rings. The molecule has 1 aromatic carbocycles. The van der Waals surface area contributed by atoms with Gasteiger partial charge in [-0.2, -0.15) is 0 Å². The minimum atomic E-state index is -0.824. The fourth-order valence-corrected chi connectivity index (χ4v) is 2.03. The molecule has 2 rings (SSSR count). The summed E-state index contributed by atoms with van der Waals surface area (Å²) in [5.74, 6) is -1.97. The number of nitrogens with zero attached hydrogens (tertiary/aromatic N) is 1. The van der Waals surface area contributed by atoms with E-state index in [1.54, 1.807) is 0 Å². The molecule has 0 atom stereocenters. The van der Waals surface area contributed by atoms with Gasteiger partial charge >= 0.3 is 11.9 Å². The second-order valence-electron chi connectivity index (χ2n) is 4.49. The van der Waals surface area contributed by atoms with E-state index >= 15 is 0 Å². The second kappa shape index (κ2) is 6.71. The number of carbonyl (C=O) groups is 2. The normalized spacial score (nSPS) is 10.1. The van der Waals surface area contributed by atoms with Gasteiger partial charge in [0.15, 0.2) is 5.75 Å². The molecule has 0 aliphatic carbocycles. The Hall–Kier alpha value is -2.89. The van der Waals surface area contributed by atoms with Crippen LogP contribution in [0.15, 0.2) is 36.5 Å². The lowest BCUT2D eigenvalue weighted by molar-refractivity contribution is 0.0551. The van der Waals surface area contributed by atoms with Gasteiger partial charge in [-0.25, -0.2) is 9.59 Å². The summed E-state index contributed by atoms with van der Waals surface area (Å²) in [5.41, 5.74) is 0.810. The summed E-state index contributed by atoms with van der Waals surface area (Å²) in [4.78, 5) is 27.6. The Morgan fingerprint density at radius 1 is 1.09 bits per heavy atom. The summed E-state index contributed by atoms with van der Waals surface area (Å²) < 4.78 is 9.21. The van der Waals surface area contributed by atoms with Crippen molar-refractivity contribution in [1.29, 1.82) is 0 Å². The van der Waals surface area contributed by atoms with Crippen LogP contribution in [0.1, 0.15) is 32.0 Å². The first-order chi connectivity index (χ1) is 10.6. The third kappa shape index (κ3) is 3.06. The minimum absolute atomic E-state index is 0.135. The number of hydrogen-bond acceptors (Lipinski definition) is 6. The molecule has 0 fully saturated rings. The highest BCUT2D eigenvalue weighted by Gasteiger charge is 2.25. The van der Waals surface area contributed by atoms with Crippen LogP contribution in [-0.2, 0) is 15.9 Å². The van der Waals surface area contributed by atoms with Crippen LogP contribution >= 0.6 is 0 Å². The SMILES string of the molecule is COC(=O)c1cnc(Cc2ccccc2)c(O)c1C(=O)OC. The van der Waals surface area contributed by atoms with Crippen LogP contribution in [0.3, 0.4) is 0 Å². The molecule has 6 nitrogen and oxygen atoms in total. The van der Waals surface area contributed by atoms with Crippen molar-refractivity contribution in [2.45, 2.75) is 6.42 Å². The van der Waals surface area contributed by atoms with Crippen molar-refractivity contribution in [3.63, 3.8) is 0 Å². The van der Waals surface area contributed by atoms with Crippen LogP contribution in [0.4, 0.5) is 0 Å². The zero-order valence-electron chi connectivity index (χ0n) is 12.2. The largest absolute Gasteiger partial charge is 0.505 e. The molecule has 0 radical (unpaired) electrons. The predicted octanol–water partition coefficient (Wildman–Crippen LogP) is 1.95. The molecule has 0 aliphatic rings. The molecule has 22 heavy (non-hydrogen) atoms. The van der Waals surface area contributed by atoms with Gasteiger partial charge in [0, 0.05) is 12.6 Å². The van der Waals surface area contributed by atoms with Gasteiger partial charge in [0.05, 0.1) is 25.5 Å². The zero-order valence-corrected chi connectivity index (χ0v) is 12.2. The van der Waals surface area contributed by atoms with E-state index in [-0.39, 0.29) is 22.6 Å². The molecule has 0 amide bonds. The molecule has 6 heteroatoms. The maximum Gasteiger partial charge on any atom is 0.342 e. The Morgan fingerprint density at radius 2 is 1.73 bits per heavy atom. The maximum atomic E-state index is 11.9.